The molecule has 0 saturated heterocycles. The molecule has 0 aliphatic rings. The molecule has 0 unspecified atom stereocenters. The van der Waals surface area contributed by atoms with Crippen molar-refractivity contribution in [1.82, 2.24) is 9.61 Å². The molecular formula is C21H18Cl2N2O3. The summed E-state index contributed by atoms with van der Waals surface area (Å²) in [6.07, 6.45) is -0.527. The second-order valence-electron chi connectivity index (χ2n) is 6.46. The van der Waals surface area contributed by atoms with E-state index in [4.69, 9.17) is 32.4 Å². The predicted octanol–water partition coefficient (Wildman–Crippen LogP) is 5.63. The summed E-state index contributed by atoms with van der Waals surface area (Å²) in [6, 6.07) is 14.8. The molecule has 28 heavy (non-hydrogen) atoms. The molecule has 2 heterocycles. The standard InChI is InChI=1S/C21H18Cl2N2O3/c1-12-20(28-18(11-26)14-6-4-3-5-7-14)21-25(24-12)19(13(2)27-21)16-9-8-15(22)10-17(16)23/h3-10,18,26H,11H2,1-2H3/t18-/m0/s1. The van der Waals surface area contributed by atoms with E-state index in [-0.39, 0.29) is 6.61 Å². The number of ether oxygens (including phenoxy) is 1. The molecule has 4 aromatic rings. The highest BCUT2D eigenvalue weighted by Gasteiger charge is 2.25. The normalized spacial score (nSPS) is 12.5. The van der Waals surface area contributed by atoms with E-state index in [0.29, 0.717) is 33.0 Å². The number of fused-ring (bicyclic) bond motifs is 1. The summed E-state index contributed by atoms with van der Waals surface area (Å²) in [5, 5.41) is 15.5. The SMILES string of the molecule is Cc1nn2c(-c3ccc(Cl)cc3Cl)c(C)oc2c1O[C@@H](CO)c1ccccc1. The molecule has 144 valence electrons. The highest BCUT2D eigenvalue weighted by Crippen LogP contribution is 2.38. The zero-order chi connectivity index (χ0) is 19.8. The Labute approximate surface area is 172 Å². The molecule has 0 aliphatic heterocycles. The van der Waals surface area contributed by atoms with Crippen molar-refractivity contribution in [1.29, 1.82) is 0 Å². The lowest BCUT2D eigenvalue weighted by Crippen LogP contribution is -2.12. The minimum atomic E-state index is -0.527. The Balaban J connectivity index is 1.80. The predicted molar refractivity (Wildman–Crippen MR) is 109 cm³/mol. The van der Waals surface area contributed by atoms with Crippen LogP contribution in [0.25, 0.3) is 17.0 Å². The van der Waals surface area contributed by atoms with Crippen LogP contribution in [0.4, 0.5) is 0 Å². The highest BCUT2D eigenvalue weighted by atomic mass is 35.5. The fourth-order valence-corrected chi connectivity index (χ4v) is 3.71. The molecule has 4 rings (SSSR count). The van der Waals surface area contributed by atoms with Gasteiger partial charge in [0.25, 0.3) is 5.71 Å². The molecule has 0 spiro atoms. The van der Waals surface area contributed by atoms with Gasteiger partial charge in [-0.3, -0.25) is 0 Å². The summed E-state index contributed by atoms with van der Waals surface area (Å²) >= 11 is 12.4. The van der Waals surface area contributed by atoms with Crippen LogP contribution >= 0.6 is 23.2 Å². The Bertz CT molecular complexity index is 1140. The fourth-order valence-electron chi connectivity index (χ4n) is 3.22. The maximum absolute atomic E-state index is 9.83. The first-order chi connectivity index (χ1) is 13.5. The molecule has 2 aromatic carbocycles. The van der Waals surface area contributed by atoms with E-state index in [1.54, 1.807) is 16.6 Å². The van der Waals surface area contributed by atoms with Crippen molar-refractivity contribution in [3.05, 3.63) is 75.6 Å². The Kier molecular flexibility index (Phi) is 5.06. The van der Waals surface area contributed by atoms with Gasteiger partial charge in [-0.2, -0.15) is 9.61 Å². The Morgan fingerprint density at radius 2 is 1.89 bits per heavy atom. The number of halogens is 2. The van der Waals surface area contributed by atoms with Crippen LogP contribution in [0.1, 0.15) is 23.1 Å². The van der Waals surface area contributed by atoms with Crippen LogP contribution in [0.2, 0.25) is 10.0 Å². The Hall–Kier alpha value is -2.47. The molecule has 0 saturated carbocycles. The summed E-state index contributed by atoms with van der Waals surface area (Å²) in [4.78, 5) is 0. The van der Waals surface area contributed by atoms with E-state index in [1.807, 2.05) is 50.2 Å². The first-order valence-corrected chi connectivity index (χ1v) is 9.51. The third-order valence-electron chi connectivity index (χ3n) is 4.54. The minimum Gasteiger partial charge on any atom is -0.476 e. The van der Waals surface area contributed by atoms with Crippen LogP contribution in [-0.2, 0) is 0 Å². The average molecular weight is 417 g/mol. The highest BCUT2D eigenvalue weighted by molar-refractivity contribution is 6.36. The maximum atomic E-state index is 9.83. The largest absolute Gasteiger partial charge is 0.476 e. The zero-order valence-corrected chi connectivity index (χ0v) is 16.8. The number of oxazole rings is 1. The molecule has 1 atom stereocenters. The van der Waals surface area contributed by atoms with Crippen molar-refractivity contribution in [3.63, 3.8) is 0 Å². The van der Waals surface area contributed by atoms with Gasteiger partial charge in [0, 0.05) is 10.6 Å². The van der Waals surface area contributed by atoms with Gasteiger partial charge in [-0.1, -0.05) is 53.5 Å². The van der Waals surface area contributed by atoms with Crippen LogP contribution in [0.3, 0.4) is 0 Å². The van der Waals surface area contributed by atoms with Gasteiger partial charge in [0.1, 0.15) is 23.3 Å². The van der Waals surface area contributed by atoms with Crippen molar-refractivity contribution in [2.45, 2.75) is 20.0 Å². The number of hydrogen-bond donors (Lipinski definition) is 1. The number of aryl methyl sites for hydroxylation is 2. The topological polar surface area (TPSA) is 59.9 Å². The molecule has 1 N–H and O–H groups in total. The molecule has 0 bridgehead atoms. The third kappa shape index (κ3) is 3.26. The molecular weight excluding hydrogens is 399 g/mol. The number of hydrogen-bond acceptors (Lipinski definition) is 4. The van der Waals surface area contributed by atoms with Gasteiger partial charge in [-0.05, 0) is 37.6 Å². The second-order valence-corrected chi connectivity index (χ2v) is 7.31. The van der Waals surface area contributed by atoms with Gasteiger partial charge >= 0.3 is 0 Å². The number of nitrogens with zero attached hydrogens (tertiary/aromatic N) is 2. The van der Waals surface area contributed by atoms with Gasteiger partial charge in [0.05, 0.1) is 11.6 Å². The minimum absolute atomic E-state index is 0.170. The fraction of sp³-hybridized carbons (Fsp3) is 0.190. The zero-order valence-electron chi connectivity index (χ0n) is 15.3. The molecule has 5 nitrogen and oxygen atoms in total. The van der Waals surface area contributed by atoms with E-state index in [0.717, 1.165) is 16.8 Å². The average Bonchev–Trinajstić information content (AvgIpc) is 3.14. The van der Waals surface area contributed by atoms with E-state index in [9.17, 15) is 5.11 Å². The summed E-state index contributed by atoms with van der Waals surface area (Å²) in [5.74, 6) is 1.14. The number of aliphatic hydroxyl groups is 1. The number of benzene rings is 2. The van der Waals surface area contributed by atoms with E-state index >= 15 is 0 Å². The third-order valence-corrected chi connectivity index (χ3v) is 5.09. The van der Waals surface area contributed by atoms with Crippen LogP contribution in [0.5, 0.6) is 5.75 Å². The van der Waals surface area contributed by atoms with E-state index in [2.05, 4.69) is 5.10 Å². The molecule has 0 fully saturated rings. The summed E-state index contributed by atoms with van der Waals surface area (Å²) < 4.78 is 13.8. The molecule has 2 aromatic heterocycles. The van der Waals surface area contributed by atoms with Crippen molar-refractivity contribution < 1.29 is 14.3 Å². The number of aromatic nitrogens is 2. The van der Waals surface area contributed by atoms with Gasteiger partial charge in [0.15, 0.2) is 0 Å². The maximum Gasteiger partial charge on any atom is 0.266 e. The molecule has 0 aliphatic carbocycles. The molecule has 0 radical (unpaired) electrons. The lowest BCUT2D eigenvalue weighted by atomic mass is 10.1. The van der Waals surface area contributed by atoms with Crippen molar-refractivity contribution in [2.75, 3.05) is 6.61 Å². The van der Waals surface area contributed by atoms with Crippen LogP contribution in [0, 0.1) is 13.8 Å². The van der Waals surface area contributed by atoms with Crippen molar-refractivity contribution in [2.24, 2.45) is 0 Å². The van der Waals surface area contributed by atoms with Crippen LogP contribution < -0.4 is 4.74 Å². The molecule has 7 heteroatoms. The van der Waals surface area contributed by atoms with Crippen LogP contribution in [-0.4, -0.2) is 21.3 Å². The van der Waals surface area contributed by atoms with Gasteiger partial charge in [-0.25, -0.2) is 0 Å². The first kappa shape index (κ1) is 18.9. The summed E-state index contributed by atoms with van der Waals surface area (Å²) in [6.45, 7) is 3.50. The molecule has 0 amide bonds. The first-order valence-electron chi connectivity index (χ1n) is 8.76. The van der Waals surface area contributed by atoms with E-state index < -0.39 is 6.10 Å². The van der Waals surface area contributed by atoms with Gasteiger partial charge in [0.2, 0.25) is 5.75 Å². The Morgan fingerprint density at radius 3 is 2.57 bits per heavy atom. The quantitative estimate of drug-likeness (QED) is 0.457. The smallest absolute Gasteiger partial charge is 0.266 e. The van der Waals surface area contributed by atoms with E-state index in [1.165, 1.54) is 0 Å². The lowest BCUT2D eigenvalue weighted by molar-refractivity contribution is 0.116. The van der Waals surface area contributed by atoms with Crippen molar-refractivity contribution >= 4 is 28.9 Å². The van der Waals surface area contributed by atoms with Crippen molar-refractivity contribution in [3.8, 4) is 17.0 Å². The van der Waals surface area contributed by atoms with Gasteiger partial charge in [-0.15, -0.1) is 0 Å². The monoisotopic (exact) mass is 416 g/mol. The van der Waals surface area contributed by atoms with Gasteiger partial charge < -0.3 is 14.3 Å². The number of rotatable bonds is 5. The Morgan fingerprint density at radius 1 is 1.14 bits per heavy atom. The summed E-state index contributed by atoms with van der Waals surface area (Å²) in [5.41, 5.74) is 3.48. The second kappa shape index (κ2) is 7.51. The lowest BCUT2D eigenvalue weighted by Gasteiger charge is -2.16. The summed E-state index contributed by atoms with van der Waals surface area (Å²) in [7, 11) is 0. The van der Waals surface area contributed by atoms with Crippen LogP contribution in [0.15, 0.2) is 52.9 Å². The number of aliphatic hydroxyl groups excluding tert-OH is 1.